The number of hydrogen-bond acceptors (Lipinski definition) is 7. The molecule has 8 heteroatoms. The maximum absolute atomic E-state index is 13.0. The molecule has 8 nitrogen and oxygen atoms in total. The molecule has 2 aromatic heterocycles. The summed E-state index contributed by atoms with van der Waals surface area (Å²) >= 11 is 0. The Morgan fingerprint density at radius 1 is 0.829 bits per heavy atom. The maximum Gasteiger partial charge on any atom is 0.253 e. The van der Waals surface area contributed by atoms with E-state index in [1.165, 1.54) is 0 Å². The molecule has 0 saturated carbocycles. The van der Waals surface area contributed by atoms with Crippen molar-refractivity contribution in [2.45, 2.75) is 6.92 Å². The van der Waals surface area contributed by atoms with Crippen LogP contribution in [-0.2, 0) is 0 Å². The molecule has 5 rings (SSSR count). The molecule has 3 heterocycles. The van der Waals surface area contributed by atoms with Gasteiger partial charge in [-0.15, -0.1) is 10.2 Å². The first kappa shape index (κ1) is 22.3. The van der Waals surface area contributed by atoms with Gasteiger partial charge in [-0.25, -0.2) is 4.98 Å². The Bertz CT molecular complexity index is 1270. The molecule has 0 atom stereocenters. The van der Waals surface area contributed by atoms with E-state index in [4.69, 9.17) is 4.74 Å². The number of benzene rings is 2. The zero-order valence-electron chi connectivity index (χ0n) is 19.5. The fourth-order valence-corrected chi connectivity index (χ4v) is 3.91. The summed E-state index contributed by atoms with van der Waals surface area (Å²) < 4.78 is 5.82. The third-order valence-corrected chi connectivity index (χ3v) is 5.79. The molecule has 1 aliphatic heterocycles. The maximum atomic E-state index is 13.0. The number of rotatable bonds is 6. The molecular weight excluding hydrogens is 440 g/mol. The van der Waals surface area contributed by atoms with Gasteiger partial charge in [-0.3, -0.25) is 4.79 Å². The number of piperazine rings is 1. The zero-order chi connectivity index (χ0) is 24.0. The van der Waals surface area contributed by atoms with Gasteiger partial charge in [-0.2, -0.15) is 0 Å². The molecular formula is C27H26N6O2. The van der Waals surface area contributed by atoms with Gasteiger partial charge in [-0.05, 0) is 73.2 Å². The van der Waals surface area contributed by atoms with Gasteiger partial charge in [0.1, 0.15) is 17.3 Å². The van der Waals surface area contributed by atoms with Crippen LogP contribution in [0.15, 0.2) is 85.1 Å². The summed E-state index contributed by atoms with van der Waals surface area (Å²) in [5.41, 5.74) is 1.77. The lowest BCUT2D eigenvalue weighted by Gasteiger charge is -2.35. The van der Waals surface area contributed by atoms with E-state index in [1.807, 2.05) is 90.7 Å². The molecule has 0 spiro atoms. The molecule has 1 fully saturated rings. The van der Waals surface area contributed by atoms with Crippen LogP contribution in [0.3, 0.4) is 0 Å². The fraction of sp³-hybridized carbons (Fsp3) is 0.185. The van der Waals surface area contributed by atoms with Crippen LogP contribution in [0.1, 0.15) is 15.9 Å². The second-order valence-electron chi connectivity index (χ2n) is 8.34. The quantitative estimate of drug-likeness (QED) is 0.442. The number of anilines is 3. The SMILES string of the molecule is Cc1ccnc(Nc2ccc(N3CCN(C(=O)c4ccc(Oc5ccccc5)cc4)CC3)nn2)c1. The molecule has 1 saturated heterocycles. The largest absolute Gasteiger partial charge is 0.457 e. The second-order valence-corrected chi connectivity index (χ2v) is 8.34. The van der Waals surface area contributed by atoms with Gasteiger partial charge in [-0.1, -0.05) is 18.2 Å². The monoisotopic (exact) mass is 466 g/mol. The molecule has 0 bridgehead atoms. The summed E-state index contributed by atoms with van der Waals surface area (Å²) in [4.78, 5) is 21.3. The number of para-hydroxylation sites is 1. The van der Waals surface area contributed by atoms with Crippen LogP contribution < -0.4 is 15.0 Å². The van der Waals surface area contributed by atoms with E-state index in [1.54, 1.807) is 6.20 Å². The molecule has 0 radical (unpaired) electrons. The van der Waals surface area contributed by atoms with E-state index in [0.29, 0.717) is 43.3 Å². The van der Waals surface area contributed by atoms with Crippen LogP contribution >= 0.6 is 0 Å². The van der Waals surface area contributed by atoms with Crippen molar-refractivity contribution in [2.24, 2.45) is 0 Å². The lowest BCUT2D eigenvalue weighted by molar-refractivity contribution is 0.0746. The van der Waals surface area contributed by atoms with Crippen molar-refractivity contribution in [2.75, 3.05) is 36.4 Å². The Hall–Kier alpha value is -4.46. The van der Waals surface area contributed by atoms with Crippen molar-refractivity contribution in [3.8, 4) is 11.5 Å². The van der Waals surface area contributed by atoms with Gasteiger partial charge in [0.2, 0.25) is 0 Å². The summed E-state index contributed by atoms with van der Waals surface area (Å²) in [6, 6.07) is 24.6. The number of ether oxygens (including phenoxy) is 1. The topological polar surface area (TPSA) is 83.5 Å². The average Bonchev–Trinajstić information content (AvgIpc) is 2.90. The molecule has 0 unspecified atom stereocenters. The summed E-state index contributed by atoms with van der Waals surface area (Å²) in [5.74, 6) is 3.65. The third-order valence-electron chi connectivity index (χ3n) is 5.79. The zero-order valence-corrected chi connectivity index (χ0v) is 19.5. The Morgan fingerprint density at radius 2 is 1.57 bits per heavy atom. The Morgan fingerprint density at radius 3 is 2.26 bits per heavy atom. The number of pyridine rings is 1. The van der Waals surface area contributed by atoms with E-state index in [9.17, 15) is 4.79 Å². The Kier molecular flexibility index (Phi) is 6.52. The number of carbonyl (C=O) groups excluding carboxylic acids is 1. The third kappa shape index (κ3) is 5.55. The van der Waals surface area contributed by atoms with Crippen LogP contribution in [0.5, 0.6) is 11.5 Å². The number of aromatic nitrogens is 3. The Labute approximate surface area is 204 Å². The van der Waals surface area contributed by atoms with Crippen molar-refractivity contribution in [1.29, 1.82) is 0 Å². The number of aryl methyl sites for hydroxylation is 1. The summed E-state index contributed by atoms with van der Waals surface area (Å²) in [5, 5.41) is 11.8. The normalized spacial score (nSPS) is 13.4. The van der Waals surface area contributed by atoms with Crippen molar-refractivity contribution >= 4 is 23.4 Å². The van der Waals surface area contributed by atoms with Crippen molar-refractivity contribution in [3.63, 3.8) is 0 Å². The number of nitrogens with zero attached hydrogens (tertiary/aromatic N) is 5. The fourth-order valence-electron chi connectivity index (χ4n) is 3.91. The number of hydrogen-bond donors (Lipinski definition) is 1. The Balaban J connectivity index is 1.14. The van der Waals surface area contributed by atoms with Gasteiger partial charge in [0, 0.05) is 37.9 Å². The average molecular weight is 467 g/mol. The van der Waals surface area contributed by atoms with E-state index < -0.39 is 0 Å². The van der Waals surface area contributed by atoms with Crippen LogP contribution in [0.4, 0.5) is 17.5 Å². The second kappa shape index (κ2) is 10.2. The molecule has 2 aromatic carbocycles. The van der Waals surface area contributed by atoms with E-state index >= 15 is 0 Å². The highest BCUT2D eigenvalue weighted by Crippen LogP contribution is 2.22. The van der Waals surface area contributed by atoms with Crippen LogP contribution in [0, 0.1) is 6.92 Å². The highest BCUT2D eigenvalue weighted by molar-refractivity contribution is 5.94. The van der Waals surface area contributed by atoms with E-state index in [2.05, 4.69) is 25.4 Å². The first-order chi connectivity index (χ1) is 17.1. The number of nitrogens with one attached hydrogen (secondary N) is 1. The molecule has 35 heavy (non-hydrogen) atoms. The minimum atomic E-state index is 0.0206. The van der Waals surface area contributed by atoms with Gasteiger partial charge < -0.3 is 19.9 Å². The molecule has 176 valence electrons. The van der Waals surface area contributed by atoms with E-state index in [-0.39, 0.29) is 5.91 Å². The van der Waals surface area contributed by atoms with Crippen molar-refractivity contribution in [3.05, 3.63) is 96.2 Å². The van der Waals surface area contributed by atoms with Crippen LogP contribution in [-0.4, -0.2) is 52.2 Å². The van der Waals surface area contributed by atoms with Crippen molar-refractivity contribution in [1.82, 2.24) is 20.1 Å². The highest BCUT2D eigenvalue weighted by atomic mass is 16.5. The molecule has 4 aromatic rings. The smallest absolute Gasteiger partial charge is 0.253 e. The highest BCUT2D eigenvalue weighted by Gasteiger charge is 2.23. The molecule has 0 aliphatic carbocycles. The minimum Gasteiger partial charge on any atom is -0.457 e. The van der Waals surface area contributed by atoms with Crippen molar-refractivity contribution < 1.29 is 9.53 Å². The van der Waals surface area contributed by atoms with Crippen LogP contribution in [0.2, 0.25) is 0 Å². The van der Waals surface area contributed by atoms with E-state index in [0.717, 1.165) is 22.9 Å². The molecule has 1 amide bonds. The first-order valence-electron chi connectivity index (χ1n) is 11.5. The summed E-state index contributed by atoms with van der Waals surface area (Å²) in [6.07, 6.45) is 1.76. The minimum absolute atomic E-state index is 0.0206. The van der Waals surface area contributed by atoms with Gasteiger partial charge >= 0.3 is 0 Å². The van der Waals surface area contributed by atoms with Gasteiger partial charge in [0.25, 0.3) is 5.91 Å². The predicted molar refractivity (Wildman–Crippen MR) is 135 cm³/mol. The summed E-state index contributed by atoms with van der Waals surface area (Å²) in [6.45, 7) is 4.65. The van der Waals surface area contributed by atoms with Gasteiger partial charge in [0.15, 0.2) is 11.6 Å². The van der Waals surface area contributed by atoms with Gasteiger partial charge in [0.05, 0.1) is 0 Å². The first-order valence-corrected chi connectivity index (χ1v) is 11.5. The lowest BCUT2D eigenvalue weighted by Crippen LogP contribution is -2.49. The lowest BCUT2D eigenvalue weighted by atomic mass is 10.1. The van der Waals surface area contributed by atoms with Crippen LogP contribution in [0.25, 0.3) is 0 Å². The molecule has 1 aliphatic rings. The number of carbonyl (C=O) groups is 1. The standard InChI is InChI=1S/C27H26N6O2/c1-20-13-14-28-25(19-20)29-24-11-12-26(31-30-24)32-15-17-33(18-16-32)27(34)21-7-9-23(10-8-21)35-22-5-3-2-4-6-22/h2-14,19H,15-18H2,1H3,(H,28,29,30). The molecule has 1 N–H and O–H groups in total. The number of amides is 1. The summed E-state index contributed by atoms with van der Waals surface area (Å²) in [7, 11) is 0. The predicted octanol–water partition coefficient (Wildman–Crippen LogP) is 4.68.